The molecule has 0 aromatic heterocycles. The van der Waals surface area contributed by atoms with Gasteiger partial charge in [-0.2, -0.15) is 8.78 Å². The number of hydrogen-bond donors (Lipinski definition) is 0. The van der Waals surface area contributed by atoms with Gasteiger partial charge in [-0.1, -0.05) is 418 Å². The molecule has 0 saturated heterocycles. The molecule has 0 radical (unpaired) electrons. The summed E-state index contributed by atoms with van der Waals surface area (Å²) in [4.78, 5) is 0. The van der Waals surface area contributed by atoms with Gasteiger partial charge in [0, 0.05) is 11.7 Å². The van der Waals surface area contributed by atoms with Crippen LogP contribution in [0.2, 0.25) is 0 Å². The summed E-state index contributed by atoms with van der Waals surface area (Å²) in [7, 11) is -5.31. The zero-order valence-electron chi connectivity index (χ0n) is 54.3. The van der Waals surface area contributed by atoms with E-state index in [0.29, 0.717) is 6.16 Å². The molecule has 85 heavy (non-hydrogen) atoms. The van der Waals surface area contributed by atoms with Crippen molar-refractivity contribution < 1.29 is 17.9 Å². The maximum atomic E-state index is 13.4. The number of benzene rings is 5. The number of alkyl halides is 2. The number of allylic oxidation sites excluding steroid dienone is 1. The Labute approximate surface area is 544 Å². The van der Waals surface area contributed by atoms with Gasteiger partial charge in [-0.3, -0.25) is 0 Å². The van der Waals surface area contributed by atoms with Crippen LogP contribution in [0, 0.1) is 20.8 Å². The minimum atomic E-state index is -3.42. The third kappa shape index (κ3) is 155. The summed E-state index contributed by atoms with van der Waals surface area (Å²) in [5.74, 6) is 0. The van der Waals surface area contributed by atoms with Gasteiger partial charge in [0.2, 0.25) is 0 Å². The van der Waals surface area contributed by atoms with Crippen molar-refractivity contribution in [1.82, 2.24) is 0 Å². The average molecular weight is 1250 g/mol. The summed E-state index contributed by atoms with van der Waals surface area (Å²) < 4.78 is 49.5. The van der Waals surface area contributed by atoms with E-state index in [1.165, 1.54) is 91.5 Å². The topological polar surface area (TPSA) is 34.1 Å². The summed E-state index contributed by atoms with van der Waals surface area (Å²) in [6.45, 7) is 61.1. The quantitative estimate of drug-likeness (QED) is 0.133. The van der Waals surface area contributed by atoms with Crippen LogP contribution in [0.3, 0.4) is 0 Å². The smallest absolute Gasteiger partial charge is 0.322 e. The zero-order valence-corrected chi connectivity index (χ0v) is 56.0. The molecule has 5 aromatic carbocycles. The second-order valence-corrected chi connectivity index (χ2v) is 23.5. The molecule has 0 N–H and O–H groups in total. The molecule has 0 amide bonds. The zero-order chi connectivity index (χ0) is 61.4. The monoisotopic (exact) mass is 1250 g/mol. The molecule has 0 saturated carbocycles. The summed E-state index contributed by atoms with van der Waals surface area (Å²) in [5.41, 5.74) is 1.74. The van der Waals surface area contributed by atoms with Crippen molar-refractivity contribution >= 4 is 14.3 Å². The summed E-state index contributed by atoms with van der Waals surface area (Å²) >= 11 is 0. The first kappa shape index (κ1) is 144. The molecule has 2 nitrogen and oxygen atoms in total. The normalized spacial score (nSPS) is 7.44. The molecule has 0 unspecified atom stereocenters. The Morgan fingerprint density at radius 3 is 0.624 bits per heavy atom. The Kier molecular flexibility index (Phi) is 213. The Morgan fingerprint density at radius 1 is 0.365 bits per heavy atom. The van der Waals surface area contributed by atoms with Gasteiger partial charge < -0.3 is 9.13 Å². The Balaban J connectivity index is -0.0000000279. The van der Waals surface area contributed by atoms with Crippen molar-refractivity contribution in [1.29, 1.82) is 0 Å². The molecule has 518 valence electrons. The molecule has 0 aliphatic heterocycles. The molecule has 0 spiro atoms. The highest BCUT2D eigenvalue weighted by atomic mass is 31.2. The van der Waals surface area contributed by atoms with E-state index in [1.807, 2.05) is 133 Å². The van der Waals surface area contributed by atoms with Gasteiger partial charge in [0.25, 0.3) is 0 Å². The molecule has 0 bridgehead atoms. The minimum absolute atomic E-state index is 0. The van der Waals surface area contributed by atoms with E-state index in [-0.39, 0.29) is 79.8 Å². The van der Waals surface area contributed by atoms with E-state index < -0.39 is 19.9 Å². The first-order chi connectivity index (χ1) is 35.4. The average Bonchev–Trinajstić information content (AvgIpc) is 3.37. The maximum absolute atomic E-state index is 13.4. The van der Waals surface area contributed by atoms with Crippen molar-refractivity contribution in [3.05, 3.63) is 205 Å². The predicted octanol–water partition coefficient (Wildman–Crippen LogP) is 32.5. The Morgan fingerprint density at radius 2 is 0.506 bits per heavy atom. The first-order valence-corrected chi connectivity index (χ1v) is 33.5. The van der Waals surface area contributed by atoms with Crippen molar-refractivity contribution in [2.45, 2.75) is 283 Å². The predicted molar refractivity (Wildman–Crippen MR) is 422 cm³/mol. The van der Waals surface area contributed by atoms with Gasteiger partial charge in [0.15, 0.2) is 7.14 Å². The molecule has 0 atom stereocenters. The maximum Gasteiger partial charge on any atom is 0.322 e. The SMILES string of the molecule is C.C.C.C.C.C.C.C.C.C.C=C.C=CC.CC.CC.CCC.CCC.CCC.CCC.CCC.CCC.CCC.CP(C)(=O)C(F)(F)c1ccccc1.CP(C)(=O)Cc1ccccc1.Cc1ccccc1.Cc1ccccc1.Cc1ccccc1. The van der Waals surface area contributed by atoms with Gasteiger partial charge >= 0.3 is 5.66 Å². The van der Waals surface area contributed by atoms with Gasteiger partial charge in [0.1, 0.15) is 0 Å². The number of halogens is 2. The van der Waals surface area contributed by atoms with E-state index in [1.54, 1.807) is 12.1 Å². The molecular formula is C79H166F2O2P2. The highest BCUT2D eigenvalue weighted by Crippen LogP contribution is 2.59. The fraction of sp³-hybridized carbons (Fsp3) is 0.570. The van der Waals surface area contributed by atoms with Crippen molar-refractivity contribution in [3.63, 3.8) is 0 Å². The van der Waals surface area contributed by atoms with Crippen molar-refractivity contribution in [3.8, 4) is 0 Å². The summed E-state index contributed by atoms with van der Waals surface area (Å²) in [5, 5.41) is 0. The molecule has 5 aromatic rings. The molecule has 5 rings (SSSR count). The van der Waals surface area contributed by atoms with Crippen LogP contribution in [0.25, 0.3) is 0 Å². The highest BCUT2D eigenvalue weighted by molar-refractivity contribution is 7.63. The number of hydrogen-bond acceptors (Lipinski definition) is 2. The largest absolute Gasteiger partial charge is 0.324 e. The van der Waals surface area contributed by atoms with Crippen LogP contribution in [0.4, 0.5) is 8.78 Å². The number of rotatable bonds is 4. The van der Waals surface area contributed by atoms with Crippen LogP contribution < -0.4 is 0 Å². The fourth-order valence-corrected chi connectivity index (χ4v) is 5.44. The van der Waals surface area contributed by atoms with Crippen molar-refractivity contribution in [2.24, 2.45) is 0 Å². The van der Waals surface area contributed by atoms with Crippen LogP contribution in [-0.4, -0.2) is 26.7 Å². The van der Waals surface area contributed by atoms with Crippen LogP contribution >= 0.6 is 14.3 Å². The lowest BCUT2D eigenvalue weighted by atomic mass is 10.2. The van der Waals surface area contributed by atoms with E-state index >= 15 is 0 Å². The van der Waals surface area contributed by atoms with Crippen LogP contribution in [0.15, 0.2) is 177 Å². The third-order valence-electron chi connectivity index (χ3n) is 6.02. The van der Waals surface area contributed by atoms with E-state index in [2.05, 4.69) is 174 Å². The van der Waals surface area contributed by atoms with Gasteiger partial charge in [-0.25, -0.2) is 0 Å². The molecule has 0 aliphatic carbocycles. The second kappa shape index (κ2) is 126. The summed E-state index contributed by atoms with van der Waals surface area (Å²) in [6.07, 6.45) is 11.2. The second-order valence-electron chi connectivity index (χ2n) is 16.8. The molecule has 0 heterocycles. The molecule has 0 aliphatic rings. The third-order valence-corrected chi connectivity index (χ3v) is 8.76. The fourth-order valence-electron chi connectivity index (χ4n) is 3.58. The van der Waals surface area contributed by atoms with Gasteiger partial charge in [0.05, 0.1) is 7.14 Å². The molecule has 6 heteroatoms. The highest BCUT2D eigenvalue weighted by Gasteiger charge is 2.44. The van der Waals surface area contributed by atoms with Crippen LogP contribution in [0.1, 0.15) is 279 Å². The van der Waals surface area contributed by atoms with E-state index in [0.717, 1.165) is 13.3 Å². The first-order valence-electron chi connectivity index (χ1n) is 28.1. The lowest BCUT2D eigenvalue weighted by molar-refractivity contribution is 0.0893. The van der Waals surface area contributed by atoms with Gasteiger partial charge in [-0.05, 0) is 59.9 Å². The van der Waals surface area contributed by atoms with Crippen molar-refractivity contribution in [2.75, 3.05) is 26.7 Å². The van der Waals surface area contributed by atoms with E-state index in [9.17, 15) is 17.9 Å². The Hall–Kier alpha value is -4.10. The number of aryl methyl sites for hydroxylation is 3. The summed E-state index contributed by atoms with van der Waals surface area (Å²) in [6, 6.07) is 48.0. The van der Waals surface area contributed by atoms with Gasteiger partial charge in [-0.15, -0.1) is 19.7 Å². The molecular weight excluding hydrogens is 1080 g/mol. The lowest BCUT2D eigenvalue weighted by Crippen LogP contribution is -2.12. The molecule has 0 fully saturated rings. The lowest BCUT2D eigenvalue weighted by Gasteiger charge is -2.20. The van der Waals surface area contributed by atoms with Crippen LogP contribution in [-0.2, 0) is 21.0 Å². The Bertz CT molecular complexity index is 1610. The van der Waals surface area contributed by atoms with E-state index in [4.69, 9.17) is 0 Å². The minimum Gasteiger partial charge on any atom is -0.324 e. The van der Waals surface area contributed by atoms with Crippen LogP contribution in [0.5, 0.6) is 0 Å². The standard InChI is InChI=1S/C9H11F2OP.C9H13OP.3C7H8.7C3H8.C3H6.2C2H6.C2H4.10CH4/c1-13(2,12)9(10,11)8-6-4-3-5-7-8;1-11(2,10)8-9-6-4-3-5-7-9;3*1-7-5-3-2-4-6-7;8*1-3-2;3*1-2;;;;;;;;;;/h3-7H,1-2H3;3-7H,8H2,1-2H3;3*2-6H,1H3;7*3H2,1-2H3;3H,1H2,2H3;2*1-2H3;1-2H2;10*1H4.